The molecule has 2 aromatic carbocycles. The van der Waals surface area contributed by atoms with Gasteiger partial charge in [0.05, 0.1) is 23.1 Å². The van der Waals surface area contributed by atoms with Gasteiger partial charge in [0.1, 0.15) is 23.1 Å². The number of nitrogen functional groups attached to an aromatic ring is 2. The summed E-state index contributed by atoms with van der Waals surface area (Å²) >= 11 is 3.09. The number of hydrogen-bond donors (Lipinski definition) is 2. The Hall–Kier alpha value is -2.75. The van der Waals surface area contributed by atoms with Gasteiger partial charge in [-0.15, -0.1) is 0 Å². The monoisotopic (exact) mass is 454 g/mol. The van der Waals surface area contributed by atoms with Crippen LogP contribution >= 0.6 is 15.9 Å². The molecule has 1 unspecified atom stereocenters. The molecule has 4 rings (SSSR count). The number of fused-ring (bicyclic) bond motifs is 3. The quantitative estimate of drug-likeness (QED) is 0.573. The van der Waals surface area contributed by atoms with Crippen molar-refractivity contribution >= 4 is 38.6 Å². The van der Waals surface area contributed by atoms with Crippen LogP contribution in [-0.2, 0) is 6.18 Å². The summed E-state index contributed by atoms with van der Waals surface area (Å²) in [6, 6.07) is 4.96. The number of nitrogens with two attached hydrogens (primary N) is 2. The van der Waals surface area contributed by atoms with E-state index >= 15 is 0 Å². The van der Waals surface area contributed by atoms with Crippen molar-refractivity contribution < 1.29 is 22.6 Å². The van der Waals surface area contributed by atoms with E-state index in [9.17, 15) is 13.2 Å². The Morgan fingerprint density at radius 2 is 1.93 bits per heavy atom. The van der Waals surface area contributed by atoms with Gasteiger partial charge >= 0.3 is 6.18 Å². The molecular weight excluding hydrogens is 441 g/mol. The predicted octanol–water partition coefficient (Wildman–Crippen LogP) is 4.86. The first-order chi connectivity index (χ1) is 13.1. The Balaban J connectivity index is 1.89. The number of hydrogen-bond acceptors (Lipinski definition) is 6. The van der Waals surface area contributed by atoms with Crippen LogP contribution in [0, 0.1) is 0 Å². The van der Waals surface area contributed by atoms with E-state index < -0.39 is 11.7 Å². The lowest BCUT2D eigenvalue weighted by molar-refractivity contribution is -0.137. The maximum atomic E-state index is 13.1. The summed E-state index contributed by atoms with van der Waals surface area (Å²) in [6.07, 6.45) is -4.50. The largest absolute Gasteiger partial charge is 0.492 e. The lowest BCUT2D eigenvalue weighted by atomic mass is 9.99. The van der Waals surface area contributed by atoms with Crippen molar-refractivity contribution in [3.8, 4) is 17.2 Å². The highest BCUT2D eigenvalue weighted by Gasteiger charge is 2.32. The average Bonchev–Trinajstić information content (AvgIpc) is 2.95. The molecule has 28 heavy (non-hydrogen) atoms. The molecule has 146 valence electrons. The second-order valence-corrected chi connectivity index (χ2v) is 7.38. The van der Waals surface area contributed by atoms with Crippen LogP contribution in [0.25, 0.3) is 10.9 Å². The van der Waals surface area contributed by atoms with Crippen molar-refractivity contribution in [2.75, 3.05) is 18.1 Å². The van der Waals surface area contributed by atoms with E-state index in [0.29, 0.717) is 34.6 Å². The van der Waals surface area contributed by atoms with Gasteiger partial charge in [-0.05, 0) is 18.2 Å². The van der Waals surface area contributed by atoms with Crippen LogP contribution in [0.15, 0.2) is 28.7 Å². The standard InChI is InChI=1S/C18H14BrF3N4O2/c1-7-6-27-15-13(7)12(5-11-14(15)16(23)26-17(24)25-11)28-10-3-8(18(20,21)22)2-9(19)4-10/h2-5,7H,6H2,1H3,(H4,23,24,25,26). The van der Waals surface area contributed by atoms with Crippen LogP contribution < -0.4 is 20.9 Å². The van der Waals surface area contributed by atoms with Gasteiger partial charge in [0.2, 0.25) is 5.95 Å². The van der Waals surface area contributed by atoms with Gasteiger partial charge in [0.25, 0.3) is 0 Å². The molecule has 1 aliphatic rings. The fourth-order valence-electron chi connectivity index (χ4n) is 3.21. The smallest absolute Gasteiger partial charge is 0.416 e. The van der Waals surface area contributed by atoms with E-state index in [4.69, 9.17) is 20.9 Å². The van der Waals surface area contributed by atoms with Gasteiger partial charge in [0, 0.05) is 22.0 Å². The Morgan fingerprint density at radius 3 is 2.64 bits per heavy atom. The molecule has 0 saturated heterocycles. The molecule has 0 amide bonds. The molecule has 0 spiro atoms. The minimum absolute atomic E-state index is 0.0243. The fraction of sp³-hybridized carbons (Fsp3) is 0.222. The van der Waals surface area contributed by atoms with Crippen molar-refractivity contribution in [1.29, 1.82) is 0 Å². The number of nitrogens with zero attached hydrogens (tertiary/aromatic N) is 2. The van der Waals surface area contributed by atoms with Crippen LogP contribution in [0.1, 0.15) is 24.0 Å². The van der Waals surface area contributed by atoms with Gasteiger partial charge < -0.3 is 20.9 Å². The zero-order valence-electron chi connectivity index (χ0n) is 14.5. The van der Waals surface area contributed by atoms with Crippen molar-refractivity contribution in [1.82, 2.24) is 9.97 Å². The zero-order valence-corrected chi connectivity index (χ0v) is 16.1. The normalized spacial score (nSPS) is 16.1. The zero-order chi connectivity index (χ0) is 20.2. The summed E-state index contributed by atoms with van der Waals surface area (Å²) < 4.78 is 51.2. The third-order valence-electron chi connectivity index (χ3n) is 4.38. The first-order valence-electron chi connectivity index (χ1n) is 8.21. The van der Waals surface area contributed by atoms with E-state index in [1.165, 1.54) is 6.07 Å². The van der Waals surface area contributed by atoms with Crippen LogP contribution in [-0.4, -0.2) is 16.6 Å². The Labute approximate surface area is 165 Å². The molecule has 0 bridgehead atoms. The van der Waals surface area contributed by atoms with E-state index in [1.807, 2.05) is 6.92 Å². The Bertz CT molecular complexity index is 1100. The second-order valence-electron chi connectivity index (χ2n) is 6.47. The second kappa shape index (κ2) is 6.40. The summed E-state index contributed by atoms with van der Waals surface area (Å²) in [5.74, 6) is 0.905. The third kappa shape index (κ3) is 3.17. The number of alkyl halides is 3. The summed E-state index contributed by atoms with van der Waals surface area (Å²) in [7, 11) is 0. The molecule has 3 aromatic rings. The summed E-state index contributed by atoms with van der Waals surface area (Å²) in [6.45, 7) is 2.29. The number of benzene rings is 2. The molecule has 10 heteroatoms. The molecule has 1 aromatic heterocycles. The van der Waals surface area contributed by atoms with E-state index in [2.05, 4.69) is 25.9 Å². The highest BCUT2D eigenvalue weighted by atomic mass is 79.9. The van der Waals surface area contributed by atoms with Crippen LogP contribution in [0.3, 0.4) is 0 Å². The van der Waals surface area contributed by atoms with Crippen LogP contribution in [0.5, 0.6) is 17.2 Å². The van der Waals surface area contributed by atoms with Crippen molar-refractivity contribution in [3.05, 3.63) is 39.9 Å². The molecule has 4 N–H and O–H groups in total. The third-order valence-corrected chi connectivity index (χ3v) is 4.84. The lowest BCUT2D eigenvalue weighted by Gasteiger charge is -2.16. The van der Waals surface area contributed by atoms with Crippen LogP contribution in [0.4, 0.5) is 24.9 Å². The highest BCUT2D eigenvalue weighted by Crippen LogP contribution is 2.48. The molecule has 0 aliphatic carbocycles. The summed E-state index contributed by atoms with van der Waals surface area (Å²) in [4.78, 5) is 8.11. The van der Waals surface area contributed by atoms with Crippen molar-refractivity contribution in [2.24, 2.45) is 0 Å². The lowest BCUT2D eigenvalue weighted by Crippen LogP contribution is -2.05. The van der Waals surface area contributed by atoms with Gasteiger partial charge in [-0.3, -0.25) is 0 Å². The molecule has 0 fully saturated rings. The number of aromatic nitrogens is 2. The maximum absolute atomic E-state index is 13.1. The van der Waals surface area contributed by atoms with E-state index in [0.717, 1.165) is 12.1 Å². The van der Waals surface area contributed by atoms with Gasteiger partial charge in [-0.1, -0.05) is 22.9 Å². The molecular formula is C18H14BrF3N4O2. The SMILES string of the molecule is CC1COc2c1c(Oc1cc(Br)cc(C(F)(F)F)c1)cc1nc(N)nc(N)c21. The number of rotatable bonds is 2. The maximum Gasteiger partial charge on any atom is 0.416 e. The number of anilines is 2. The van der Waals surface area contributed by atoms with Crippen molar-refractivity contribution in [2.45, 2.75) is 19.0 Å². The topological polar surface area (TPSA) is 96.3 Å². The first-order valence-corrected chi connectivity index (χ1v) is 9.01. The number of halogens is 4. The fourth-order valence-corrected chi connectivity index (χ4v) is 3.68. The van der Waals surface area contributed by atoms with E-state index in [-0.39, 0.29) is 27.9 Å². The first kappa shape index (κ1) is 18.6. The Kier molecular flexibility index (Phi) is 4.25. The van der Waals surface area contributed by atoms with E-state index in [1.54, 1.807) is 6.07 Å². The minimum Gasteiger partial charge on any atom is -0.492 e. The average molecular weight is 455 g/mol. The molecule has 0 saturated carbocycles. The van der Waals surface area contributed by atoms with Crippen molar-refractivity contribution in [3.63, 3.8) is 0 Å². The summed E-state index contributed by atoms with van der Waals surface area (Å²) in [5, 5.41) is 0.506. The molecule has 2 heterocycles. The predicted molar refractivity (Wildman–Crippen MR) is 101 cm³/mol. The molecule has 6 nitrogen and oxygen atoms in total. The van der Waals surface area contributed by atoms with Gasteiger partial charge in [-0.2, -0.15) is 18.2 Å². The summed E-state index contributed by atoms with van der Waals surface area (Å²) in [5.41, 5.74) is 11.9. The van der Waals surface area contributed by atoms with Gasteiger partial charge in [0.15, 0.2) is 0 Å². The minimum atomic E-state index is -4.50. The Morgan fingerprint density at radius 1 is 1.18 bits per heavy atom. The highest BCUT2D eigenvalue weighted by molar-refractivity contribution is 9.10. The number of ether oxygens (including phenoxy) is 2. The molecule has 0 radical (unpaired) electrons. The molecule has 1 aliphatic heterocycles. The van der Waals surface area contributed by atoms with Crippen LogP contribution in [0.2, 0.25) is 0 Å². The molecule has 1 atom stereocenters. The van der Waals surface area contributed by atoms with Gasteiger partial charge in [-0.25, -0.2) is 4.98 Å².